The summed E-state index contributed by atoms with van der Waals surface area (Å²) in [6.45, 7) is 2.65. The Morgan fingerprint density at radius 2 is 1.69 bits per heavy atom. The van der Waals surface area contributed by atoms with Gasteiger partial charge in [0.05, 0.1) is 5.60 Å². The summed E-state index contributed by atoms with van der Waals surface area (Å²) in [7, 11) is 0. The molecule has 0 radical (unpaired) electrons. The number of rotatable bonds is 7. The minimum absolute atomic E-state index is 0.112. The summed E-state index contributed by atoms with van der Waals surface area (Å²) < 4.78 is 0. The molecule has 0 aromatic heterocycles. The number of benzene rings is 2. The second-order valence-electron chi connectivity index (χ2n) is 7.34. The summed E-state index contributed by atoms with van der Waals surface area (Å²) in [4.78, 5) is 14.6. The van der Waals surface area contributed by atoms with E-state index in [9.17, 15) is 9.90 Å². The van der Waals surface area contributed by atoms with Crippen LogP contribution < -0.4 is 5.73 Å². The van der Waals surface area contributed by atoms with Crippen LogP contribution in [0.5, 0.6) is 0 Å². The van der Waals surface area contributed by atoms with Gasteiger partial charge in [-0.3, -0.25) is 4.79 Å². The normalized spacial score (nSPS) is 17.1. The van der Waals surface area contributed by atoms with Gasteiger partial charge in [0.15, 0.2) is 5.78 Å². The molecule has 0 atom stereocenters. The number of hydrogen-bond acceptors (Lipinski definition) is 4. The minimum atomic E-state index is -0.605. The maximum Gasteiger partial charge on any atom is 0.164 e. The van der Waals surface area contributed by atoms with Crippen molar-refractivity contribution >= 4 is 11.5 Å². The molecule has 0 spiro atoms. The van der Waals surface area contributed by atoms with Crippen molar-refractivity contribution < 1.29 is 9.90 Å². The van der Waals surface area contributed by atoms with E-state index in [2.05, 4.69) is 17.0 Å². The molecule has 4 heteroatoms. The number of piperidine rings is 1. The first-order valence-corrected chi connectivity index (χ1v) is 9.42. The van der Waals surface area contributed by atoms with Crippen LogP contribution in [0.15, 0.2) is 54.6 Å². The van der Waals surface area contributed by atoms with Gasteiger partial charge in [-0.05, 0) is 43.5 Å². The Morgan fingerprint density at radius 3 is 2.38 bits per heavy atom. The lowest BCUT2D eigenvalue weighted by Crippen LogP contribution is -2.45. The number of carbonyl (C=O) groups is 1. The van der Waals surface area contributed by atoms with Gasteiger partial charge >= 0.3 is 0 Å². The predicted octanol–water partition coefficient (Wildman–Crippen LogP) is 3.30. The number of nitrogen functional groups attached to an aromatic ring is 1. The number of ketones is 1. The standard InChI is InChI=1S/C22H28N2O2/c23-20-10-5-4-9-19(20)21(25)11-6-14-24-15-12-22(26,13-16-24)17-18-7-2-1-3-8-18/h1-5,7-10,26H,6,11-17,23H2. The highest BCUT2D eigenvalue weighted by molar-refractivity contribution is 6.00. The number of nitrogens with two attached hydrogens (primary N) is 1. The smallest absolute Gasteiger partial charge is 0.164 e. The number of hydrogen-bond donors (Lipinski definition) is 2. The molecule has 3 rings (SSSR count). The summed E-state index contributed by atoms with van der Waals surface area (Å²) >= 11 is 0. The van der Waals surface area contributed by atoms with E-state index in [4.69, 9.17) is 5.73 Å². The molecule has 0 amide bonds. The molecule has 1 aliphatic rings. The van der Waals surface area contributed by atoms with Crippen LogP contribution in [0.25, 0.3) is 0 Å². The van der Waals surface area contributed by atoms with Gasteiger partial charge in [0.25, 0.3) is 0 Å². The Kier molecular flexibility index (Phi) is 6.07. The average molecular weight is 352 g/mol. The fraction of sp³-hybridized carbons (Fsp3) is 0.409. The Balaban J connectivity index is 1.41. The molecule has 0 aliphatic carbocycles. The van der Waals surface area contributed by atoms with Gasteiger partial charge in [-0.1, -0.05) is 42.5 Å². The van der Waals surface area contributed by atoms with Gasteiger partial charge in [-0.2, -0.15) is 0 Å². The van der Waals surface area contributed by atoms with E-state index in [0.717, 1.165) is 38.9 Å². The highest BCUT2D eigenvalue weighted by Crippen LogP contribution is 2.26. The molecule has 1 aliphatic heterocycles. The van der Waals surface area contributed by atoms with Crippen molar-refractivity contribution in [2.75, 3.05) is 25.4 Å². The van der Waals surface area contributed by atoms with Gasteiger partial charge < -0.3 is 15.7 Å². The lowest BCUT2D eigenvalue weighted by Gasteiger charge is -2.38. The van der Waals surface area contributed by atoms with Gasteiger partial charge in [-0.25, -0.2) is 0 Å². The molecule has 3 N–H and O–H groups in total. The Labute approximate surface area is 155 Å². The second kappa shape index (κ2) is 8.47. The summed E-state index contributed by atoms with van der Waals surface area (Å²) in [6, 6.07) is 17.4. The average Bonchev–Trinajstić information content (AvgIpc) is 2.64. The zero-order valence-electron chi connectivity index (χ0n) is 15.2. The molecule has 4 nitrogen and oxygen atoms in total. The molecule has 138 valence electrons. The van der Waals surface area contributed by atoms with E-state index < -0.39 is 5.60 Å². The third kappa shape index (κ3) is 4.93. The number of carbonyl (C=O) groups excluding carboxylic acids is 1. The minimum Gasteiger partial charge on any atom is -0.398 e. The number of para-hydroxylation sites is 1. The molecule has 0 unspecified atom stereocenters. The summed E-state index contributed by atoms with van der Waals surface area (Å²) in [5.74, 6) is 0.112. The van der Waals surface area contributed by atoms with E-state index in [-0.39, 0.29) is 5.78 Å². The quantitative estimate of drug-likeness (QED) is 0.593. The molecule has 1 heterocycles. The molecular weight excluding hydrogens is 324 g/mol. The first-order chi connectivity index (χ1) is 12.6. The summed E-state index contributed by atoms with van der Waals surface area (Å²) in [5.41, 5.74) is 7.64. The molecule has 2 aromatic rings. The van der Waals surface area contributed by atoms with Crippen LogP contribution in [-0.2, 0) is 6.42 Å². The number of anilines is 1. The summed E-state index contributed by atoms with van der Waals surface area (Å²) in [5, 5.41) is 10.8. The topological polar surface area (TPSA) is 66.6 Å². The number of Topliss-reactive ketones (excluding diaryl/α,β-unsaturated/α-hetero) is 1. The molecule has 1 fully saturated rings. The lowest BCUT2D eigenvalue weighted by atomic mass is 9.85. The van der Waals surface area contributed by atoms with Crippen LogP contribution in [0, 0.1) is 0 Å². The summed E-state index contributed by atoms with van der Waals surface area (Å²) in [6.07, 6.45) is 3.61. The van der Waals surface area contributed by atoms with Crippen molar-refractivity contribution in [2.45, 2.75) is 37.7 Å². The van der Waals surface area contributed by atoms with Crippen LogP contribution in [0.4, 0.5) is 5.69 Å². The van der Waals surface area contributed by atoms with Gasteiger partial charge in [0, 0.05) is 37.2 Å². The SMILES string of the molecule is Nc1ccccc1C(=O)CCCN1CCC(O)(Cc2ccccc2)CC1. The maximum absolute atomic E-state index is 12.3. The van der Waals surface area contributed by atoms with Crippen molar-refractivity contribution in [1.82, 2.24) is 4.90 Å². The molecule has 0 bridgehead atoms. The van der Waals surface area contributed by atoms with Crippen LogP contribution in [0.2, 0.25) is 0 Å². The lowest BCUT2D eigenvalue weighted by molar-refractivity contribution is -0.0207. The van der Waals surface area contributed by atoms with Crippen LogP contribution in [0.3, 0.4) is 0 Å². The zero-order valence-corrected chi connectivity index (χ0v) is 15.2. The molecule has 2 aromatic carbocycles. The Hall–Kier alpha value is -2.17. The van der Waals surface area contributed by atoms with E-state index in [0.29, 0.717) is 24.1 Å². The third-order valence-electron chi connectivity index (χ3n) is 5.30. The number of nitrogens with zero attached hydrogens (tertiary/aromatic N) is 1. The van der Waals surface area contributed by atoms with Crippen molar-refractivity contribution in [3.63, 3.8) is 0 Å². The molecule has 0 saturated carbocycles. The van der Waals surface area contributed by atoms with Crippen LogP contribution in [0.1, 0.15) is 41.6 Å². The first kappa shape index (κ1) is 18.6. The van der Waals surface area contributed by atoms with Gasteiger partial charge in [0.1, 0.15) is 0 Å². The van der Waals surface area contributed by atoms with E-state index in [1.54, 1.807) is 12.1 Å². The van der Waals surface area contributed by atoms with E-state index in [1.807, 2.05) is 30.3 Å². The van der Waals surface area contributed by atoms with Crippen molar-refractivity contribution in [2.24, 2.45) is 0 Å². The largest absolute Gasteiger partial charge is 0.398 e. The van der Waals surface area contributed by atoms with E-state index >= 15 is 0 Å². The number of aliphatic hydroxyl groups is 1. The highest BCUT2D eigenvalue weighted by Gasteiger charge is 2.32. The predicted molar refractivity (Wildman–Crippen MR) is 105 cm³/mol. The Bertz CT molecular complexity index is 722. The monoisotopic (exact) mass is 352 g/mol. The fourth-order valence-corrected chi connectivity index (χ4v) is 3.69. The maximum atomic E-state index is 12.3. The zero-order chi connectivity index (χ0) is 18.4. The molecule has 26 heavy (non-hydrogen) atoms. The third-order valence-corrected chi connectivity index (χ3v) is 5.30. The second-order valence-corrected chi connectivity index (χ2v) is 7.34. The van der Waals surface area contributed by atoms with Crippen LogP contribution in [-0.4, -0.2) is 41.0 Å². The Morgan fingerprint density at radius 1 is 1.04 bits per heavy atom. The van der Waals surface area contributed by atoms with Crippen molar-refractivity contribution in [3.05, 3.63) is 65.7 Å². The van der Waals surface area contributed by atoms with Crippen molar-refractivity contribution in [3.8, 4) is 0 Å². The van der Waals surface area contributed by atoms with Crippen molar-refractivity contribution in [1.29, 1.82) is 0 Å². The van der Waals surface area contributed by atoms with E-state index in [1.165, 1.54) is 5.56 Å². The molecular formula is C22H28N2O2. The van der Waals surface area contributed by atoms with Gasteiger partial charge in [-0.15, -0.1) is 0 Å². The first-order valence-electron chi connectivity index (χ1n) is 9.42. The molecule has 1 saturated heterocycles. The fourth-order valence-electron chi connectivity index (χ4n) is 3.69. The van der Waals surface area contributed by atoms with Crippen LogP contribution >= 0.6 is 0 Å². The van der Waals surface area contributed by atoms with Gasteiger partial charge in [0.2, 0.25) is 0 Å². The number of likely N-dealkylation sites (tertiary alicyclic amines) is 1. The highest BCUT2D eigenvalue weighted by atomic mass is 16.3.